The van der Waals surface area contributed by atoms with Gasteiger partial charge in [0, 0.05) is 30.3 Å². The third-order valence-electron chi connectivity index (χ3n) is 4.97. The molecule has 4 nitrogen and oxygen atoms in total. The van der Waals surface area contributed by atoms with E-state index in [0.29, 0.717) is 24.8 Å². The fraction of sp³-hybridized carbons (Fsp3) is 0.500. The number of aromatic nitrogens is 1. The maximum atomic E-state index is 12.2. The number of piperidine rings is 1. The molecule has 0 aliphatic carbocycles. The van der Waals surface area contributed by atoms with Gasteiger partial charge in [-0.3, -0.25) is 4.79 Å². The van der Waals surface area contributed by atoms with Gasteiger partial charge in [-0.25, -0.2) is 4.98 Å². The Morgan fingerprint density at radius 1 is 1.32 bits per heavy atom. The second kappa shape index (κ2) is 9.11. The van der Waals surface area contributed by atoms with Crippen LogP contribution in [0, 0.1) is 11.8 Å². The molecule has 1 aliphatic rings. The zero-order chi connectivity index (χ0) is 17.5. The fourth-order valence-electron chi connectivity index (χ4n) is 3.41. The Morgan fingerprint density at radius 3 is 2.84 bits per heavy atom. The molecule has 0 radical (unpaired) electrons. The number of rotatable bonds is 7. The Morgan fingerprint density at radius 2 is 2.08 bits per heavy atom. The number of hydrogen-bond acceptors (Lipinski definition) is 4. The van der Waals surface area contributed by atoms with E-state index in [4.69, 9.17) is 0 Å². The summed E-state index contributed by atoms with van der Waals surface area (Å²) in [6, 6.07) is 10.2. The molecule has 0 bridgehead atoms. The highest BCUT2D eigenvalue weighted by Crippen LogP contribution is 2.24. The van der Waals surface area contributed by atoms with Gasteiger partial charge in [0.05, 0.1) is 5.69 Å². The maximum Gasteiger partial charge on any atom is 0.220 e. The predicted molar refractivity (Wildman–Crippen MR) is 104 cm³/mol. The van der Waals surface area contributed by atoms with Gasteiger partial charge < -0.3 is 10.6 Å². The van der Waals surface area contributed by atoms with Crippen molar-refractivity contribution in [2.24, 2.45) is 11.8 Å². The molecule has 0 spiro atoms. The van der Waals surface area contributed by atoms with Crippen LogP contribution in [-0.4, -0.2) is 30.5 Å². The number of thiazole rings is 1. The summed E-state index contributed by atoms with van der Waals surface area (Å²) in [6.07, 6.45) is 3.80. The average Bonchev–Trinajstić information content (AvgIpc) is 3.12. The minimum absolute atomic E-state index is 0.171. The lowest BCUT2D eigenvalue weighted by Gasteiger charge is -2.27. The van der Waals surface area contributed by atoms with Crippen LogP contribution >= 0.6 is 11.3 Å². The number of carbonyl (C=O) groups excluding carboxylic acids is 1. The van der Waals surface area contributed by atoms with Crippen molar-refractivity contribution < 1.29 is 4.79 Å². The minimum atomic E-state index is 0.171. The highest BCUT2D eigenvalue weighted by atomic mass is 32.1. The molecule has 134 valence electrons. The molecular weight excluding hydrogens is 330 g/mol. The lowest BCUT2D eigenvalue weighted by atomic mass is 9.84. The number of hydrogen-bond donors (Lipinski definition) is 2. The van der Waals surface area contributed by atoms with Gasteiger partial charge in [0.25, 0.3) is 0 Å². The second-order valence-corrected chi connectivity index (χ2v) is 7.74. The molecule has 2 heterocycles. The van der Waals surface area contributed by atoms with Crippen LogP contribution in [0.2, 0.25) is 0 Å². The molecule has 2 N–H and O–H groups in total. The van der Waals surface area contributed by atoms with Gasteiger partial charge in [-0.05, 0) is 37.8 Å². The van der Waals surface area contributed by atoms with Crippen LogP contribution in [0.25, 0.3) is 10.6 Å². The number of benzene rings is 1. The first-order chi connectivity index (χ1) is 12.2. The van der Waals surface area contributed by atoms with Gasteiger partial charge in [0.2, 0.25) is 5.91 Å². The van der Waals surface area contributed by atoms with E-state index in [1.807, 2.05) is 18.2 Å². The standard InChI is InChI=1S/C20H27N3OS/c1-15(16-7-10-21-11-8-16)13-19(24)22-12-9-18-14-25-20(23-18)17-5-3-2-4-6-17/h2-6,14-16,21H,7-13H2,1H3,(H,22,24). The van der Waals surface area contributed by atoms with Crippen LogP contribution < -0.4 is 10.6 Å². The molecule has 1 fully saturated rings. The number of carbonyl (C=O) groups is 1. The molecule has 1 unspecified atom stereocenters. The van der Waals surface area contributed by atoms with E-state index < -0.39 is 0 Å². The van der Waals surface area contributed by atoms with Crippen molar-refractivity contribution in [3.63, 3.8) is 0 Å². The lowest BCUT2D eigenvalue weighted by molar-refractivity contribution is -0.122. The minimum Gasteiger partial charge on any atom is -0.356 e. The topological polar surface area (TPSA) is 54.0 Å². The Balaban J connectivity index is 1.40. The van der Waals surface area contributed by atoms with Crippen LogP contribution in [0.15, 0.2) is 35.7 Å². The Kier molecular flexibility index (Phi) is 6.59. The molecule has 1 atom stereocenters. The van der Waals surface area contributed by atoms with Gasteiger partial charge in [0.15, 0.2) is 0 Å². The molecule has 25 heavy (non-hydrogen) atoms. The number of nitrogens with zero attached hydrogens (tertiary/aromatic N) is 1. The van der Waals surface area contributed by atoms with Crippen molar-refractivity contribution in [3.05, 3.63) is 41.4 Å². The summed E-state index contributed by atoms with van der Waals surface area (Å²) in [4.78, 5) is 16.8. The summed E-state index contributed by atoms with van der Waals surface area (Å²) in [6.45, 7) is 5.05. The molecule has 5 heteroatoms. The summed E-state index contributed by atoms with van der Waals surface area (Å²) in [7, 11) is 0. The van der Waals surface area contributed by atoms with E-state index in [-0.39, 0.29) is 5.91 Å². The molecule has 3 rings (SSSR count). The molecule has 1 aromatic carbocycles. The molecule has 0 saturated carbocycles. The zero-order valence-corrected chi connectivity index (χ0v) is 15.6. The van der Waals surface area contributed by atoms with Crippen LogP contribution in [0.5, 0.6) is 0 Å². The van der Waals surface area contributed by atoms with E-state index in [1.165, 1.54) is 12.8 Å². The monoisotopic (exact) mass is 357 g/mol. The fourth-order valence-corrected chi connectivity index (χ4v) is 4.27. The first-order valence-corrected chi connectivity index (χ1v) is 10.1. The van der Waals surface area contributed by atoms with Crippen molar-refractivity contribution >= 4 is 17.2 Å². The highest BCUT2D eigenvalue weighted by molar-refractivity contribution is 7.13. The molecule has 2 aromatic rings. The quantitative estimate of drug-likeness (QED) is 0.797. The largest absolute Gasteiger partial charge is 0.356 e. The summed E-state index contributed by atoms with van der Waals surface area (Å²) in [5, 5.41) is 9.58. The van der Waals surface area contributed by atoms with E-state index in [0.717, 1.165) is 35.8 Å². The first kappa shape index (κ1) is 18.1. The van der Waals surface area contributed by atoms with Crippen molar-refractivity contribution in [3.8, 4) is 10.6 Å². The van der Waals surface area contributed by atoms with Gasteiger partial charge >= 0.3 is 0 Å². The predicted octanol–water partition coefficient (Wildman–Crippen LogP) is 3.49. The highest BCUT2D eigenvalue weighted by Gasteiger charge is 2.21. The Labute approximate surface area is 154 Å². The molecule has 1 saturated heterocycles. The average molecular weight is 358 g/mol. The van der Waals surface area contributed by atoms with Crippen LogP contribution in [-0.2, 0) is 11.2 Å². The number of amides is 1. The Hall–Kier alpha value is -1.72. The SMILES string of the molecule is CC(CC(=O)NCCc1csc(-c2ccccc2)n1)C1CCNCC1. The van der Waals surface area contributed by atoms with Crippen LogP contribution in [0.4, 0.5) is 0 Å². The number of nitrogens with one attached hydrogen (secondary N) is 2. The maximum absolute atomic E-state index is 12.2. The van der Waals surface area contributed by atoms with Crippen LogP contribution in [0.3, 0.4) is 0 Å². The zero-order valence-electron chi connectivity index (χ0n) is 14.8. The molecule has 1 aromatic heterocycles. The summed E-state index contributed by atoms with van der Waals surface area (Å²) in [5.41, 5.74) is 2.20. The lowest BCUT2D eigenvalue weighted by Crippen LogP contribution is -2.34. The first-order valence-electron chi connectivity index (χ1n) is 9.19. The van der Waals surface area contributed by atoms with E-state index in [9.17, 15) is 4.79 Å². The molecule has 1 aliphatic heterocycles. The van der Waals surface area contributed by atoms with Crippen molar-refractivity contribution in [1.29, 1.82) is 0 Å². The van der Waals surface area contributed by atoms with Crippen LogP contribution in [0.1, 0.15) is 31.9 Å². The van der Waals surface area contributed by atoms with Gasteiger partial charge in [-0.2, -0.15) is 0 Å². The van der Waals surface area contributed by atoms with Crippen molar-refractivity contribution in [1.82, 2.24) is 15.6 Å². The van der Waals surface area contributed by atoms with E-state index in [2.05, 4.69) is 40.1 Å². The smallest absolute Gasteiger partial charge is 0.220 e. The van der Waals surface area contributed by atoms with Gasteiger partial charge in [-0.1, -0.05) is 37.3 Å². The summed E-state index contributed by atoms with van der Waals surface area (Å²) >= 11 is 1.66. The normalized spacial score (nSPS) is 16.5. The van der Waals surface area contributed by atoms with E-state index in [1.54, 1.807) is 11.3 Å². The summed E-state index contributed by atoms with van der Waals surface area (Å²) in [5.74, 6) is 1.31. The Bertz CT molecular complexity index is 665. The third kappa shape index (κ3) is 5.38. The summed E-state index contributed by atoms with van der Waals surface area (Å²) < 4.78 is 0. The van der Waals surface area contributed by atoms with Gasteiger partial charge in [0.1, 0.15) is 5.01 Å². The van der Waals surface area contributed by atoms with Crippen molar-refractivity contribution in [2.45, 2.75) is 32.6 Å². The second-order valence-electron chi connectivity index (χ2n) is 6.88. The van der Waals surface area contributed by atoms with Crippen molar-refractivity contribution in [2.75, 3.05) is 19.6 Å². The third-order valence-corrected chi connectivity index (χ3v) is 5.91. The van der Waals surface area contributed by atoms with E-state index >= 15 is 0 Å². The molecular formula is C20H27N3OS. The molecule has 1 amide bonds. The van der Waals surface area contributed by atoms with Gasteiger partial charge in [-0.15, -0.1) is 11.3 Å².